The van der Waals surface area contributed by atoms with Crippen LogP contribution in [0.15, 0.2) is 53.4 Å². The molecular formula is C26H29N3O2S. The predicted octanol–water partition coefficient (Wildman–Crippen LogP) is 5.14. The number of carbonyl (C=O) groups excluding carboxylic acids is 2. The van der Waals surface area contributed by atoms with Crippen LogP contribution in [0.1, 0.15) is 38.5 Å². The molecule has 1 aliphatic heterocycles. The minimum atomic E-state index is -0.167. The van der Waals surface area contributed by atoms with E-state index in [1.807, 2.05) is 42.5 Å². The maximum absolute atomic E-state index is 13.0. The lowest BCUT2D eigenvalue weighted by molar-refractivity contribution is -0.120. The van der Waals surface area contributed by atoms with E-state index in [0.29, 0.717) is 5.75 Å². The summed E-state index contributed by atoms with van der Waals surface area (Å²) in [5, 5.41) is 6.98. The highest BCUT2D eigenvalue weighted by Crippen LogP contribution is 2.56. The molecule has 2 N–H and O–H groups in total. The fourth-order valence-electron chi connectivity index (χ4n) is 6.91. The quantitative estimate of drug-likeness (QED) is 0.666. The van der Waals surface area contributed by atoms with Gasteiger partial charge in [0, 0.05) is 10.4 Å². The summed E-state index contributed by atoms with van der Waals surface area (Å²) >= 11 is 1.53. The van der Waals surface area contributed by atoms with Crippen molar-refractivity contribution in [3.63, 3.8) is 0 Å². The summed E-state index contributed by atoms with van der Waals surface area (Å²) in [4.78, 5) is 28.2. The van der Waals surface area contributed by atoms with Gasteiger partial charge in [0.2, 0.25) is 11.8 Å². The van der Waals surface area contributed by atoms with Crippen LogP contribution in [0.3, 0.4) is 0 Å². The van der Waals surface area contributed by atoms with Gasteiger partial charge in [-0.25, -0.2) is 0 Å². The van der Waals surface area contributed by atoms with Gasteiger partial charge in [-0.3, -0.25) is 9.59 Å². The van der Waals surface area contributed by atoms with Gasteiger partial charge in [0.1, 0.15) is 6.54 Å². The van der Waals surface area contributed by atoms with Crippen molar-refractivity contribution in [1.82, 2.24) is 0 Å². The molecule has 0 radical (unpaired) electrons. The molecule has 0 spiro atoms. The van der Waals surface area contributed by atoms with Crippen molar-refractivity contribution in [2.75, 3.05) is 27.8 Å². The minimum Gasteiger partial charge on any atom is -0.378 e. The maximum atomic E-state index is 13.0. The first-order valence-electron chi connectivity index (χ1n) is 11.8. The van der Waals surface area contributed by atoms with Crippen LogP contribution in [-0.4, -0.2) is 29.7 Å². The Labute approximate surface area is 193 Å². The third-order valence-corrected chi connectivity index (χ3v) is 8.80. The summed E-state index contributed by atoms with van der Waals surface area (Å²) in [5.41, 5.74) is 2.81. The number of hydrogen-bond acceptors (Lipinski definition) is 4. The molecule has 7 rings (SSSR count). The van der Waals surface area contributed by atoms with Gasteiger partial charge in [-0.2, -0.15) is 0 Å². The van der Waals surface area contributed by atoms with Gasteiger partial charge in [-0.05, 0) is 80.5 Å². The molecule has 1 heterocycles. The molecule has 0 saturated heterocycles. The maximum Gasteiger partial charge on any atom is 0.244 e. The largest absolute Gasteiger partial charge is 0.378 e. The van der Waals surface area contributed by atoms with E-state index in [1.54, 1.807) is 4.90 Å². The zero-order chi connectivity index (χ0) is 21.7. The molecule has 4 fully saturated rings. The van der Waals surface area contributed by atoms with Crippen LogP contribution in [0.5, 0.6) is 0 Å². The highest BCUT2D eigenvalue weighted by atomic mass is 32.2. The number of carbonyl (C=O) groups is 2. The number of amides is 2. The standard InChI is InChI=1S/C26H29N3O2S/c30-24(15-29-22-7-3-4-8-23(22)32-16-25(29)31)27-20-5-1-2-6-21(20)28-26-12-17-9-18(13-26)11-19(10-17)14-26/h1-8,17-19,28H,9-16H2,(H,27,30). The Morgan fingerprint density at radius 2 is 1.56 bits per heavy atom. The fraction of sp³-hybridized carbons (Fsp3) is 0.462. The summed E-state index contributed by atoms with van der Waals surface area (Å²) in [6.07, 6.45) is 7.96. The molecule has 166 valence electrons. The Bertz CT molecular complexity index is 1030. The first kappa shape index (κ1) is 20.2. The third kappa shape index (κ3) is 3.68. The predicted molar refractivity (Wildman–Crippen MR) is 129 cm³/mol. The van der Waals surface area contributed by atoms with Crippen molar-refractivity contribution < 1.29 is 9.59 Å². The molecule has 0 unspecified atom stereocenters. The molecule has 5 aliphatic rings. The van der Waals surface area contributed by atoms with Gasteiger partial charge in [0.25, 0.3) is 0 Å². The highest BCUT2D eigenvalue weighted by Gasteiger charge is 2.51. The fourth-order valence-corrected chi connectivity index (χ4v) is 7.85. The number of benzene rings is 2. The second-order valence-electron chi connectivity index (χ2n) is 10.2. The van der Waals surface area contributed by atoms with Crippen LogP contribution in [-0.2, 0) is 9.59 Å². The van der Waals surface area contributed by atoms with E-state index in [9.17, 15) is 9.59 Å². The summed E-state index contributed by atoms with van der Waals surface area (Å²) in [6.45, 7) is 0.0299. The molecule has 5 nitrogen and oxygen atoms in total. The van der Waals surface area contributed by atoms with Crippen molar-refractivity contribution in [3.8, 4) is 0 Å². The minimum absolute atomic E-state index is 0.0242. The lowest BCUT2D eigenvalue weighted by Crippen LogP contribution is -2.54. The highest BCUT2D eigenvalue weighted by molar-refractivity contribution is 8.00. The zero-order valence-electron chi connectivity index (χ0n) is 18.2. The smallest absolute Gasteiger partial charge is 0.244 e. The molecule has 6 heteroatoms. The SMILES string of the molecule is O=C(CN1C(=O)CSc2ccccc21)Nc1ccccc1NC12CC3CC(CC(C3)C1)C2. The Morgan fingerprint density at radius 1 is 0.938 bits per heavy atom. The van der Waals surface area contributed by atoms with Crippen molar-refractivity contribution in [2.45, 2.75) is 49.0 Å². The van der Waals surface area contributed by atoms with E-state index >= 15 is 0 Å². The zero-order valence-corrected chi connectivity index (χ0v) is 19.0. The van der Waals surface area contributed by atoms with Crippen molar-refractivity contribution >= 4 is 40.6 Å². The summed E-state index contributed by atoms with van der Waals surface area (Å²) in [5.74, 6) is 2.76. The van der Waals surface area contributed by atoms with Crippen molar-refractivity contribution in [3.05, 3.63) is 48.5 Å². The van der Waals surface area contributed by atoms with Gasteiger partial charge in [0.05, 0.1) is 22.8 Å². The number of thioether (sulfide) groups is 1. The molecule has 0 aromatic heterocycles. The second kappa shape index (κ2) is 7.84. The van der Waals surface area contributed by atoms with Crippen LogP contribution in [0.4, 0.5) is 17.1 Å². The molecular weight excluding hydrogens is 418 g/mol. The lowest BCUT2D eigenvalue weighted by atomic mass is 9.53. The van der Waals surface area contributed by atoms with Crippen LogP contribution in [0.2, 0.25) is 0 Å². The van der Waals surface area contributed by atoms with Gasteiger partial charge in [-0.15, -0.1) is 11.8 Å². The Hall–Kier alpha value is -2.47. The number of para-hydroxylation sites is 3. The third-order valence-electron chi connectivity index (χ3n) is 7.75. The number of nitrogens with zero attached hydrogens (tertiary/aromatic N) is 1. The molecule has 2 aromatic carbocycles. The first-order chi connectivity index (χ1) is 15.6. The number of rotatable bonds is 5. The van der Waals surface area contributed by atoms with E-state index in [0.717, 1.165) is 39.7 Å². The average molecular weight is 448 g/mol. The summed E-state index contributed by atoms with van der Waals surface area (Å²) in [7, 11) is 0. The molecule has 2 amide bonds. The van der Waals surface area contributed by atoms with E-state index in [2.05, 4.69) is 16.7 Å². The van der Waals surface area contributed by atoms with E-state index in [4.69, 9.17) is 0 Å². The summed E-state index contributed by atoms with van der Waals surface area (Å²) in [6, 6.07) is 15.8. The van der Waals surface area contributed by atoms with E-state index < -0.39 is 0 Å². The molecule has 4 aliphatic carbocycles. The van der Waals surface area contributed by atoms with Crippen LogP contribution in [0.25, 0.3) is 0 Å². The second-order valence-corrected chi connectivity index (χ2v) is 11.2. The number of nitrogens with one attached hydrogen (secondary N) is 2. The monoisotopic (exact) mass is 447 g/mol. The summed E-state index contributed by atoms with van der Waals surface area (Å²) < 4.78 is 0. The van der Waals surface area contributed by atoms with Crippen LogP contribution in [0, 0.1) is 17.8 Å². The molecule has 2 aromatic rings. The molecule has 32 heavy (non-hydrogen) atoms. The normalized spacial score (nSPS) is 30.2. The van der Waals surface area contributed by atoms with Gasteiger partial charge < -0.3 is 15.5 Å². The first-order valence-corrected chi connectivity index (χ1v) is 12.7. The van der Waals surface area contributed by atoms with Crippen LogP contribution >= 0.6 is 11.8 Å². The Morgan fingerprint density at radius 3 is 2.28 bits per heavy atom. The van der Waals surface area contributed by atoms with E-state index in [1.165, 1.54) is 50.3 Å². The number of fused-ring (bicyclic) bond motifs is 1. The molecule has 4 bridgehead atoms. The molecule has 0 atom stereocenters. The van der Waals surface area contributed by atoms with E-state index in [-0.39, 0.29) is 23.9 Å². The molecule has 4 saturated carbocycles. The average Bonchev–Trinajstić information content (AvgIpc) is 2.76. The number of hydrogen-bond donors (Lipinski definition) is 2. The number of anilines is 3. The van der Waals surface area contributed by atoms with Crippen LogP contribution < -0.4 is 15.5 Å². The Kier molecular flexibility index (Phi) is 4.94. The van der Waals surface area contributed by atoms with Gasteiger partial charge >= 0.3 is 0 Å². The van der Waals surface area contributed by atoms with Crippen molar-refractivity contribution in [1.29, 1.82) is 0 Å². The topological polar surface area (TPSA) is 61.4 Å². The van der Waals surface area contributed by atoms with Gasteiger partial charge in [0.15, 0.2) is 0 Å². The van der Waals surface area contributed by atoms with Gasteiger partial charge in [-0.1, -0.05) is 24.3 Å². The Balaban J connectivity index is 1.19. The lowest BCUT2D eigenvalue weighted by Gasteiger charge is -2.57. The van der Waals surface area contributed by atoms with Crippen molar-refractivity contribution in [2.24, 2.45) is 17.8 Å².